The Morgan fingerprint density at radius 3 is 2.76 bits per heavy atom. The zero-order valence-corrected chi connectivity index (χ0v) is 11.2. The third kappa shape index (κ3) is 3.76. The number of nitrogens with two attached hydrogens (primary N) is 1. The molecule has 0 aliphatic heterocycles. The first-order valence-electron chi connectivity index (χ1n) is 4.87. The molecule has 96 valence electrons. The second kappa shape index (κ2) is 5.56. The van der Waals surface area contributed by atoms with Crippen LogP contribution >= 0.6 is 0 Å². The van der Waals surface area contributed by atoms with Crippen LogP contribution in [0.2, 0.25) is 0 Å². The van der Waals surface area contributed by atoms with E-state index in [4.69, 9.17) is 5.73 Å². The van der Waals surface area contributed by atoms with Gasteiger partial charge in [0.1, 0.15) is 10.7 Å². The highest BCUT2D eigenvalue weighted by Gasteiger charge is 2.19. The molecule has 0 bridgehead atoms. The van der Waals surface area contributed by atoms with E-state index in [9.17, 15) is 12.6 Å². The molecule has 2 unspecified atom stereocenters. The molecule has 1 aromatic heterocycles. The van der Waals surface area contributed by atoms with Crippen LogP contribution in [0.1, 0.15) is 6.92 Å². The first-order valence-corrected chi connectivity index (χ1v) is 7.97. The molecule has 0 saturated heterocycles. The SMILES string of the molecule is CC(CNS(=O)(=O)c1cccnc1N)S(C)=O. The predicted octanol–water partition coefficient (Wildman–Crippen LogP) is -0.291. The third-order valence-electron chi connectivity index (χ3n) is 2.22. The van der Waals surface area contributed by atoms with E-state index in [0.29, 0.717) is 0 Å². The Labute approximate surface area is 103 Å². The van der Waals surface area contributed by atoms with Crippen LogP contribution in [0.3, 0.4) is 0 Å². The molecule has 0 aliphatic rings. The molecule has 0 aromatic carbocycles. The molecule has 0 spiro atoms. The molecule has 6 nitrogen and oxygen atoms in total. The van der Waals surface area contributed by atoms with Crippen LogP contribution in [0.4, 0.5) is 5.82 Å². The number of nitrogens with zero attached hydrogens (tertiary/aromatic N) is 1. The maximum atomic E-state index is 11.8. The molecule has 17 heavy (non-hydrogen) atoms. The summed E-state index contributed by atoms with van der Waals surface area (Å²) in [6.45, 7) is 1.80. The van der Waals surface area contributed by atoms with Crippen molar-refractivity contribution >= 4 is 26.6 Å². The number of nitrogens with one attached hydrogen (secondary N) is 1. The number of nitrogen functional groups attached to an aromatic ring is 1. The molecule has 0 aliphatic carbocycles. The molecule has 0 fully saturated rings. The molecule has 0 amide bonds. The Morgan fingerprint density at radius 1 is 1.59 bits per heavy atom. The summed E-state index contributed by atoms with van der Waals surface area (Å²) < 4.78 is 37.2. The minimum atomic E-state index is -3.69. The van der Waals surface area contributed by atoms with E-state index in [1.54, 1.807) is 6.92 Å². The summed E-state index contributed by atoms with van der Waals surface area (Å²) in [6, 6.07) is 2.87. The van der Waals surface area contributed by atoms with Crippen molar-refractivity contribution in [1.29, 1.82) is 0 Å². The fraction of sp³-hybridized carbons (Fsp3) is 0.444. The monoisotopic (exact) mass is 277 g/mol. The van der Waals surface area contributed by atoms with Crippen molar-refractivity contribution < 1.29 is 12.6 Å². The van der Waals surface area contributed by atoms with Crippen LogP contribution in [0.15, 0.2) is 23.2 Å². The van der Waals surface area contributed by atoms with Gasteiger partial charge in [0.2, 0.25) is 10.0 Å². The minimum absolute atomic E-state index is 0.0507. The maximum absolute atomic E-state index is 11.8. The minimum Gasteiger partial charge on any atom is -0.383 e. The molecule has 8 heteroatoms. The molecule has 0 radical (unpaired) electrons. The first kappa shape index (κ1) is 14.1. The van der Waals surface area contributed by atoms with E-state index in [1.807, 2.05) is 0 Å². The van der Waals surface area contributed by atoms with Gasteiger partial charge in [-0.05, 0) is 19.1 Å². The van der Waals surface area contributed by atoms with Gasteiger partial charge in [0.05, 0.1) is 0 Å². The quantitative estimate of drug-likeness (QED) is 0.770. The normalized spacial score (nSPS) is 15.4. The van der Waals surface area contributed by atoms with Gasteiger partial charge in [0.15, 0.2) is 0 Å². The summed E-state index contributed by atoms with van der Waals surface area (Å²) in [4.78, 5) is 3.65. The smallest absolute Gasteiger partial charge is 0.244 e. The molecule has 1 rings (SSSR count). The highest BCUT2D eigenvalue weighted by Crippen LogP contribution is 2.13. The van der Waals surface area contributed by atoms with Gasteiger partial charge in [-0.2, -0.15) is 0 Å². The Hall–Kier alpha value is -0.990. The molecular weight excluding hydrogens is 262 g/mol. The van der Waals surface area contributed by atoms with Crippen LogP contribution in [-0.2, 0) is 20.8 Å². The van der Waals surface area contributed by atoms with Gasteiger partial charge < -0.3 is 5.73 Å². The van der Waals surface area contributed by atoms with Gasteiger partial charge in [0.25, 0.3) is 0 Å². The van der Waals surface area contributed by atoms with E-state index in [0.717, 1.165) is 0 Å². The summed E-state index contributed by atoms with van der Waals surface area (Å²) in [7, 11) is -4.77. The van der Waals surface area contributed by atoms with Crippen molar-refractivity contribution in [3.8, 4) is 0 Å². The summed E-state index contributed by atoms with van der Waals surface area (Å²) in [5, 5.41) is -0.261. The lowest BCUT2D eigenvalue weighted by Crippen LogP contribution is -2.33. The molecule has 3 N–H and O–H groups in total. The number of rotatable bonds is 5. The lowest BCUT2D eigenvalue weighted by atomic mass is 10.5. The molecule has 0 saturated carbocycles. The second-order valence-electron chi connectivity index (χ2n) is 3.55. The Morgan fingerprint density at radius 2 is 2.24 bits per heavy atom. The van der Waals surface area contributed by atoms with Gasteiger partial charge in [0, 0.05) is 35.0 Å². The van der Waals surface area contributed by atoms with Crippen LogP contribution in [-0.4, -0.2) is 35.7 Å². The number of aromatic nitrogens is 1. The summed E-state index contributed by atoms with van der Waals surface area (Å²) in [5.41, 5.74) is 5.48. The zero-order valence-electron chi connectivity index (χ0n) is 9.58. The topological polar surface area (TPSA) is 102 Å². The van der Waals surface area contributed by atoms with Crippen LogP contribution < -0.4 is 10.5 Å². The number of pyridine rings is 1. The Balaban J connectivity index is 2.84. The highest BCUT2D eigenvalue weighted by atomic mass is 32.2. The predicted molar refractivity (Wildman–Crippen MR) is 67.4 cm³/mol. The fourth-order valence-corrected chi connectivity index (χ4v) is 2.69. The average molecular weight is 277 g/mol. The lowest BCUT2D eigenvalue weighted by molar-refractivity contribution is 0.580. The van der Waals surface area contributed by atoms with Crippen molar-refractivity contribution in [1.82, 2.24) is 9.71 Å². The van der Waals surface area contributed by atoms with Crippen LogP contribution in [0.25, 0.3) is 0 Å². The van der Waals surface area contributed by atoms with Gasteiger partial charge in [-0.25, -0.2) is 18.1 Å². The number of hydrogen-bond acceptors (Lipinski definition) is 5. The van der Waals surface area contributed by atoms with E-state index in [2.05, 4.69) is 9.71 Å². The first-order chi connectivity index (χ1) is 7.84. The average Bonchev–Trinajstić information content (AvgIpc) is 2.26. The van der Waals surface area contributed by atoms with Crippen molar-refractivity contribution in [3.05, 3.63) is 18.3 Å². The van der Waals surface area contributed by atoms with Gasteiger partial charge in [-0.3, -0.25) is 4.21 Å². The lowest BCUT2D eigenvalue weighted by Gasteiger charge is -2.11. The molecular formula is C9H15N3O3S2. The van der Waals surface area contributed by atoms with Gasteiger partial charge in [-0.1, -0.05) is 0 Å². The van der Waals surface area contributed by atoms with E-state index in [-0.39, 0.29) is 22.5 Å². The highest BCUT2D eigenvalue weighted by molar-refractivity contribution is 7.89. The van der Waals surface area contributed by atoms with E-state index in [1.165, 1.54) is 24.6 Å². The Bertz CT molecular complexity index is 516. The van der Waals surface area contributed by atoms with E-state index >= 15 is 0 Å². The van der Waals surface area contributed by atoms with Gasteiger partial charge >= 0.3 is 0 Å². The largest absolute Gasteiger partial charge is 0.383 e. The molecule has 2 atom stereocenters. The zero-order chi connectivity index (χ0) is 13.1. The number of hydrogen-bond donors (Lipinski definition) is 2. The molecule has 1 heterocycles. The number of sulfonamides is 1. The molecule has 1 aromatic rings. The fourth-order valence-electron chi connectivity index (χ4n) is 1.05. The number of anilines is 1. The Kier molecular flexibility index (Phi) is 4.61. The van der Waals surface area contributed by atoms with Crippen molar-refractivity contribution in [2.75, 3.05) is 18.5 Å². The van der Waals surface area contributed by atoms with Crippen molar-refractivity contribution in [2.45, 2.75) is 17.1 Å². The maximum Gasteiger partial charge on any atom is 0.244 e. The van der Waals surface area contributed by atoms with Crippen molar-refractivity contribution in [3.63, 3.8) is 0 Å². The van der Waals surface area contributed by atoms with E-state index < -0.39 is 20.8 Å². The van der Waals surface area contributed by atoms with Gasteiger partial charge in [-0.15, -0.1) is 0 Å². The second-order valence-corrected chi connectivity index (χ2v) is 7.09. The van der Waals surface area contributed by atoms with Crippen molar-refractivity contribution in [2.24, 2.45) is 0 Å². The third-order valence-corrected chi connectivity index (χ3v) is 4.99. The van der Waals surface area contributed by atoms with Crippen LogP contribution in [0, 0.1) is 0 Å². The summed E-state index contributed by atoms with van der Waals surface area (Å²) in [6.07, 6.45) is 2.94. The summed E-state index contributed by atoms with van der Waals surface area (Å²) in [5.74, 6) is -0.0507. The standard InChI is InChI=1S/C9H15N3O3S2/c1-7(16(2)13)6-12-17(14,15)8-4-3-5-11-9(8)10/h3-5,7,12H,6H2,1-2H3,(H2,10,11). The summed E-state index contributed by atoms with van der Waals surface area (Å²) >= 11 is 0. The van der Waals surface area contributed by atoms with Crippen LogP contribution in [0.5, 0.6) is 0 Å².